The summed E-state index contributed by atoms with van der Waals surface area (Å²) in [6.07, 6.45) is 4.37. The van der Waals surface area contributed by atoms with Gasteiger partial charge in [-0.05, 0) is 12.3 Å². The van der Waals surface area contributed by atoms with Gasteiger partial charge in [-0.2, -0.15) is 4.98 Å². The Kier molecular flexibility index (Phi) is 3.76. The van der Waals surface area contributed by atoms with Gasteiger partial charge < -0.3 is 14.8 Å². The minimum absolute atomic E-state index is 0.125. The Hall–Kier alpha value is -1.69. The van der Waals surface area contributed by atoms with E-state index in [1.807, 2.05) is 11.6 Å². The highest BCUT2D eigenvalue weighted by Gasteiger charge is 2.20. The minimum atomic E-state index is 0.125. The van der Waals surface area contributed by atoms with Gasteiger partial charge in [0.25, 0.3) is 0 Å². The molecule has 18 heavy (non-hydrogen) atoms. The summed E-state index contributed by atoms with van der Waals surface area (Å²) in [7, 11) is 1.90. The molecule has 2 aromatic rings. The summed E-state index contributed by atoms with van der Waals surface area (Å²) in [5.41, 5.74) is 6.60. The summed E-state index contributed by atoms with van der Waals surface area (Å²) in [6, 6.07) is 0. The van der Waals surface area contributed by atoms with Crippen molar-refractivity contribution in [1.29, 1.82) is 0 Å². The molecule has 2 heterocycles. The maximum absolute atomic E-state index is 5.77. The standard InChI is InChI=1S/C12H19N5O/c1-8(2)4-9(5-13)12-15-11(16-18-12)10-6-14-7-17(10)3/h6-9H,4-5,13H2,1-3H3. The molecule has 0 fully saturated rings. The fourth-order valence-corrected chi connectivity index (χ4v) is 1.94. The van der Waals surface area contributed by atoms with Crippen LogP contribution in [0.5, 0.6) is 0 Å². The molecule has 1 atom stereocenters. The van der Waals surface area contributed by atoms with Gasteiger partial charge in [-0.25, -0.2) is 4.98 Å². The van der Waals surface area contributed by atoms with E-state index in [4.69, 9.17) is 10.3 Å². The van der Waals surface area contributed by atoms with E-state index in [2.05, 4.69) is 29.0 Å². The summed E-state index contributed by atoms with van der Waals surface area (Å²) in [6.45, 7) is 4.83. The molecule has 0 radical (unpaired) electrons. The summed E-state index contributed by atoms with van der Waals surface area (Å²) < 4.78 is 7.17. The van der Waals surface area contributed by atoms with E-state index < -0.39 is 0 Å². The van der Waals surface area contributed by atoms with Crippen molar-refractivity contribution in [3.63, 3.8) is 0 Å². The van der Waals surface area contributed by atoms with E-state index in [1.165, 1.54) is 0 Å². The highest BCUT2D eigenvalue weighted by atomic mass is 16.5. The highest BCUT2D eigenvalue weighted by molar-refractivity contribution is 5.47. The van der Waals surface area contributed by atoms with Crippen LogP contribution in [0.1, 0.15) is 32.1 Å². The Morgan fingerprint density at radius 3 is 2.78 bits per heavy atom. The quantitative estimate of drug-likeness (QED) is 0.869. The van der Waals surface area contributed by atoms with Crippen molar-refractivity contribution >= 4 is 0 Å². The first-order chi connectivity index (χ1) is 8.61. The second-order valence-corrected chi connectivity index (χ2v) is 4.91. The van der Waals surface area contributed by atoms with Crippen LogP contribution in [-0.4, -0.2) is 26.2 Å². The van der Waals surface area contributed by atoms with Gasteiger partial charge in [-0.15, -0.1) is 0 Å². The average molecular weight is 249 g/mol. The Morgan fingerprint density at radius 1 is 1.44 bits per heavy atom. The Morgan fingerprint density at radius 2 is 2.22 bits per heavy atom. The number of nitrogens with zero attached hydrogens (tertiary/aromatic N) is 4. The Balaban J connectivity index is 2.22. The molecule has 0 bridgehead atoms. The van der Waals surface area contributed by atoms with Crippen LogP contribution in [0.4, 0.5) is 0 Å². The summed E-state index contributed by atoms with van der Waals surface area (Å²) >= 11 is 0. The number of aryl methyl sites for hydroxylation is 1. The van der Waals surface area contributed by atoms with Crippen molar-refractivity contribution < 1.29 is 4.52 Å². The van der Waals surface area contributed by atoms with Crippen LogP contribution in [0.3, 0.4) is 0 Å². The number of rotatable bonds is 5. The molecule has 1 unspecified atom stereocenters. The number of aromatic nitrogens is 4. The summed E-state index contributed by atoms with van der Waals surface area (Å²) in [5.74, 6) is 1.85. The summed E-state index contributed by atoms with van der Waals surface area (Å²) in [5, 5.41) is 3.99. The molecule has 0 amide bonds. The Bertz CT molecular complexity index is 502. The monoisotopic (exact) mass is 249 g/mol. The van der Waals surface area contributed by atoms with Crippen molar-refractivity contribution in [2.75, 3.05) is 6.54 Å². The molecule has 2 rings (SSSR count). The molecule has 2 aromatic heterocycles. The van der Waals surface area contributed by atoms with Gasteiger partial charge in [0, 0.05) is 13.6 Å². The zero-order valence-corrected chi connectivity index (χ0v) is 11.0. The molecule has 6 heteroatoms. The van der Waals surface area contributed by atoms with Crippen LogP contribution in [0, 0.1) is 5.92 Å². The largest absolute Gasteiger partial charge is 0.339 e. The molecule has 0 aliphatic rings. The van der Waals surface area contributed by atoms with Crippen molar-refractivity contribution in [2.45, 2.75) is 26.2 Å². The van der Waals surface area contributed by atoms with Crippen LogP contribution in [0.15, 0.2) is 17.0 Å². The van der Waals surface area contributed by atoms with E-state index in [0.29, 0.717) is 24.2 Å². The van der Waals surface area contributed by atoms with Crippen LogP contribution < -0.4 is 5.73 Å². The molecule has 0 saturated heterocycles. The van der Waals surface area contributed by atoms with Crippen molar-refractivity contribution in [3.05, 3.63) is 18.4 Å². The number of imidazole rings is 1. The van der Waals surface area contributed by atoms with E-state index in [1.54, 1.807) is 12.5 Å². The van der Waals surface area contributed by atoms with Crippen LogP contribution >= 0.6 is 0 Å². The molecule has 2 N–H and O–H groups in total. The molecule has 98 valence electrons. The predicted octanol–water partition coefficient (Wildman–Crippen LogP) is 1.56. The second kappa shape index (κ2) is 5.30. The van der Waals surface area contributed by atoms with Crippen molar-refractivity contribution in [2.24, 2.45) is 18.7 Å². The number of hydrogen-bond donors (Lipinski definition) is 1. The maximum Gasteiger partial charge on any atom is 0.231 e. The van der Waals surface area contributed by atoms with E-state index in [0.717, 1.165) is 12.1 Å². The average Bonchev–Trinajstić information content (AvgIpc) is 2.93. The summed E-state index contributed by atoms with van der Waals surface area (Å²) in [4.78, 5) is 8.46. The normalized spacial score (nSPS) is 13.2. The fraction of sp³-hybridized carbons (Fsp3) is 0.583. The molecule has 0 aliphatic carbocycles. The number of nitrogens with two attached hydrogens (primary N) is 1. The molecule has 0 saturated carbocycles. The lowest BCUT2D eigenvalue weighted by Gasteiger charge is -2.11. The van der Waals surface area contributed by atoms with Crippen LogP contribution in [0.25, 0.3) is 11.5 Å². The lowest BCUT2D eigenvalue weighted by atomic mass is 9.97. The first-order valence-corrected chi connectivity index (χ1v) is 6.12. The third-order valence-corrected chi connectivity index (χ3v) is 2.88. The SMILES string of the molecule is CC(C)CC(CN)c1nc(-c2cncn2C)no1. The zero-order valence-electron chi connectivity index (χ0n) is 11.0. The molecular weight excluding hydrogens is 230 g/mol. The molecule has 0 spiro atoms. The van der Waals surface area contributed by atoms with E-state index in [-0.39, 0.29) is 5.92 Å². The van der Waals surface area contributed by atoms with Crippen LogP contribution in [0.2, 0.25) is 0 Å². The molecule has 0 aliphatic heterocycles. The van der Waals surface area contributed by atoms with Crippen molar-refractivity contribution in [3.8, 4) is 11.5 Å². The molecular formula is C12H19N5O. The van der Waals surface area contributed by atoms with Crippen molar-refractivity contribution in [1.82, 2.24) is 19.7 Å². The van der Waals surface area contributed by atoms with Gasteiger partial charge in [0.1, 0.15) is 5.69 Å². The fourth-order valence-electron chi connectivity index (χ4n) is 1.94. The second-order valence-electron chi connectivity index (χ2n) is 4.91. The van der Waals surface area contributed by atoms with Gasteiger partial charge in [-0.3, -0.25) is 0 Å². The Labute approximate surface area is 106 Å². The van der Waals surface area contributed by atoms with Gasteiger partial charge >= 0.3 is 0 Å². The predicted molar refractivity (Wildman–Crippen MR) is 67.8 cm³/mol. The zero-order chi connectivity index (χ0) is 13.1. The van der Waals surface area contributed by atoms with E-state index >= 15 is 0 Å². The molecule has 6 nitrogen and oxygen atoms in total. The first kappa shape index (κ1) is 12.8. The molecule has 0 aromatic carbocycles. The van der Waals surface area contributed by atoms with Gasteiger partial charge in [0.15, 0.2) is 0 Å². The topological polar surface area (TPSA) is 82.8 Å². The van der Waals surface area contributed by atoms with Gasteiger partial charge in [0.05, 0.1) is 18.4 Å². The third kappa shape index (κ3) is 2.59. The lowest BCUT2D eigenvalue weighted by molar-refractivity contribution is 0.334. The smallest absolute Gasteiger partial charge is 0.231 e. The van der Waals surface area contributed by atoms with Crippen LogP contribution in [-0.2, 0) is 7.05 Å². The highest BCUT2D eigenvalue weighted by Crippen LogP contribution is 2.23. The third-order valence-electron chi connectivity index (χ3n) is 2.88. The lowest BCUT2D eigenvalue weighted by Crippen LogP contribution is -2.15. The van der Waals surface area contributed by atoms with Gasteiger partial charge in [0.2, 0.25) is 11.7 Å². The maximum atomic E-state index is 5.77. The van der Waals surface area contributed by atoms with Gasteiger partial charge in [-0.1, -0.05) is 19.0 Å². The number of hydrogen-bond acceptors (Lipinski definition) is 5. The van der Waals surface area contributed by atoms with E-state index in [9.17, 15) is 0 Å². The first-order valence-electron chi connectivity index (χ1n) is 6.12. The minimum Gasteiger partial charge on any atom is -0.339 e.